The van der Waals surface area contributed by atoms with Crippen molar-refractivity contribution in [1.29, 1.82) is 0 Å². The SMILES string of the molecule is COC(=O)COc1ccc(CN2C[C@@H]3[C@@H]4CC[C@@H](C4)[C@@H]3C2)cc1OC. The van der Waals surface area contributed by atoms with Crippen LogP contribution in [0.2, 0.25) is 0 Å². The largest absolute Gasteiger partial charge is 0.493 e. The topological polar surface area (TPSA) is 48.0 Å². The predicted molar refractivity (Wildman–Crippen MR) is 93.6 cm³/mol. The molecule has 0 aromatic heterocycles. The Balaban J connectivity index is 1.39. The first-order valence-corrected chi connectivity index (χ1v) is 9.26. The van der Waals surface area contributed by atoms with Gasteiger partial charge in [-0.1, -0.05) is 6.07 Å². The van der Waals surface area contributed by atoms with Crippen molar-refractivity contribution < 1.29 is 19.0 Å². The number of rotatable bonds is 6. The first-order chi connectivity index (χ1) is 12.2. The molecule has 0 amide bonds. The molecule has 1 aromatic rings. The van der Waals surface area contributed by atoms with E-state index in [9.17, 15) is 4.79 Å². The van der Waals surface area contributed by atoms with Crippen LogP contribution in [-0.4, -0.2) is 44.8 Å². The van der Waals surface area contributed by atoms with Crippen LogP contribution in [0, 0.1) is 23.7 Å². The summed E-state index contributed by atoms with van der Waals surface area (Å²) in [5.41, 5.74) is 1.23. The highest BCUT2D eigenvalue weighted by atomic mass is 16.6. The molecule has 0 unspecified atom stereocenters. The van der Waals surface area contributed by atoms with Gasteiger partial charge in [0.25, 0.3) is 0 Å². The summed E-state index contributed by atoms with van der Waals surface area (Å²) in [6.45, 7) is 3.34. The molecule has 0 spiro atoms. The van der Waals surface area contributed by atoms with Crippen molar-refractivity contribution in [3.63, 3.8) is 0 Å². The van der Waals surface area contributed by atoms with E-state index in [0.717, 1.165) is 30.2 Å². The van der Waals surface area contributed by atoms with Crippen molar-refractivity contribution >= 4 is 5.97 Å². The molecule has 1 saturated heterocycles. The van der Waals surface area contributed by atoms with Gasteiger partial charge in [0.2, 0.25) is 0 Å². The standard InChI is InChI=1S/C20H27NO4/c1-23-19-7-13(3-6-18(19)25-12-20(22)24-2)9-21-10-16-14-4-5-15(8-14)17(16)11-21/h3,6-7,14-17H,4-5,8-12H2,1-2H3/t14-,15+,16-,17+. The number of carbonyl (C=O) groups excluding carboxylic acids is 1. The number of nitrogens with zero attached hydrogens (tertiary/aromatic N) is 1. The number of methoxy groups -OCH3 is 2. The molecule has 1 heterocycles. The minimum absolute atomic E-state index is 0.107. The number of fused-ring (bicyclic) bond motifs is 5. The van der Waals surface area contributed by atoms with Gasteiger partial charge in [-0.15, -0.1) is 0 Å². The Morgan fingerprint density at radius 3 is 2.48 bits per heavy atom. The van der Waals surface area contributed by atoms with Gasteiger partial charge in [-0.3, -0.25) is 4.90 Å². The molecule has 4 atom stereocenters. The number of ether oxygens (including phenoxy) is 3. The van der Waals surface area contributed by atoms with Gasteiger partial charge in [-0.05, 0) is 60.6 Å². The molecule has 3 fully saturated rings. The molecule has 0 radical (unpaired) electrons. The lowest BCUT2D eigenvalue weighted by molar-refractivity contribution is -0.142. The Hall–Kier alpha value is -1.75. The van der Waals surface area contributed by atoms with E-state index in [2.05, 4.69) is 15.7 Å². The van der Waals surface area contributed by atoms with Crippen LogP contribution in [0.5, 0.6) is 11.5 Å². The van der Waals surface area contributed by atoms with E-state index in [1.807, 2.05) is 12.1 Å². The molecule has 2 saturated carbocycles. The summed E-state index contributed by atoms with van der Waals surface area (Å²) in [5, 5.41) is 0. The van der Waals surface area contributed by atoms with E-state index in [1.165, 1.54) is 45.0 Å². The second kappa shape index (κ2) is 6.87. The second-order valence-corrected chi connectivity index (χ2v) is 7.71. The molecule has 0 N–H and O–H groups in total. The van der Waals surface area contributed by atoms with Crippen molar-refractivity contribution in [2.75, 3.05) is 33.9 Å². The maximum Gasteiger partial charge on any atom is 0.343 e. The second-order valence-electron chi connectivity index (χ2n) is 7.71. The lowest BCUT2D eigenvalue weighted by Crippen LogP contribution is -2.22. The summed E-state index contributed by atoms with van der Waals surface area (Å²) in [7, 11) is 2.98. The van der Waals surface area contributed by atoms with E-state index in [4.69, 9.17) is 9.47 Å². The number of likely N-dealkylation sites (tertiary alicyclic amines) is 1. The maximum absolute atomic E-state index is 11.2. The van der Waals surface area contributed by atoms with E-state index in [0.29, 0.717) is 11.5 Å². The van der Waals surface area contributed by atoms with E-state index < -0.39 is 5.97 Å². The minimum Gasteiger partial charge on any atom is -0.493 e. The van der Waals surface area contributed by atoms with Crippen LogP contribution in [0.4, 0.5) is 0 Å². The number of hydrogen-bond acceptors (Lipinski definition) is 5. The van der Waals surface area contributed by atoms with Crippen LogP contribution >= 0.6 is 0 Å². The molecule has 3 aliphatic rings. The molecular weight excluding hydrogens is 318 g/mol. The fourth-order valence-corrected chi connectivity index (χ4v) is 5.28. The Bertz CT molecular complexity index is 629. The molecule has 136 valence electrons. The van der Waals surface area contributed by atoms with Gasteiger partial charge in [-0.2, -0.15) is 0 Å². The van der Waals surface area contributed by atoms with Crippen LogP contribution < -0.4 is 9.47 Å². The molecule has 1 aliphatic heterocycles. The lowest BCUT2D eigenvalue weighted by Gasteiger charge is -2.22. The van der Waals surface area contributed by atoms with E-state index in [1.54, 1.807) is 7.11 Å². The Morgan fingerprint density at radius 1 is 1.12 bits per heavy atom. The highest BCUT2D eigenvalue weighted by Gasteiger charge is 2.51. The van der Waals surface area contributed by atoms with E-state index in [-0.39, 0.29) is 6.61 Å². The number of benzene rings is 1. The number of hydrogen-bond donors (Lipinski definition) is 0. The normalized spacial score (nSPS) is 30.3. The van der Waals surface area contributed by atoms with Crippen molar-refractivity contribution in [3.8, 4) is 11.5 Å². The predicted octanol–water partition coefficient (Wildman–Crippen LogP) is 2.72. The fourth-order valence-electron chi connectivity index (χ4n) is 5.28. The third-order valence-electron chi connectivity index (χ3n) is 6.42. The third kappa shape index (κ3) is 3.22. The van der Waals surface area contributed by atoms with Gasteiger partial charge in [0.1, 0.15) is 0 Å². The quantitative estimate of drug-likeness (QED) is 0.742. The smallest absolute Gasteiger partial charge is 0.343 e. The zero-order valence-electron chi connectivity index (χ0n) is 15.1. The number of esters is 1. The molecule has 1 aromatic carbocycles. The zero-order chi connectivity index (χ0) is 17.4. The van der Waals surface area contributed by atoms with Gasteiger partial charge in [0.15, 0.2) is 18.1 Å². The van der Waals surface area contributed by atoms with Gasteiger partial charge >= 0.3 is 5.97 Å². The van der Waals surface area contributed by atoms with E-state index >= 15 is 0 Å². The van der Waals surface area contributed by atoms with Crippen LogP contribution in [0.1, 0.15) is 24.8 Å². The number of carbonyl (C=O) groups is 1. The highest BCUT2D eigenvalue weighted by molar-refractivity contribution is 5.71. The van der Waals surface area contributed by atoms with Crippen molar-refractivity contribution in [3.05, 3.63) is 23.8 Å². The Morgan fingerprint density at radius 2 is 1.84 bits per heavy atom. The molecular formula is C20H27NO4. The molecule has 4 rings (SSSR count). The van der Waals surface area contributed by atoms with Gasteiger partial charge in [0.05, 0.1) is 14.2 Å². The lowest BCUT2D eigenvalue weighted by atomic mass is 9.82. The molecule has 25 heavy (non-hydrogen) atoms. The summed E-state index contributed by atoms with van der Waals surface area (Å²) >= 11 is 0. The summed E-state index contributed by atoms with van der Waals surface area (Å²) < 4.78 is 15.5. The Labute approximate surface area is 149 Å². The summed E-state index contributed by atoms with van der Waals surface area (Å²) in [5.74, 6) is 4.69. The summed E-state index contributed by atoms with van der Waals surface area (Å²) in [6.07, 6.45) is 4.41. The highest BCUT2D eigenvalue weighted by Crippen LogP contribution is 2.55. The van der Waals surface area contributed by atoms with Crippen LogP contribution in [0.25, 0.3) is 0 Å². The average molecular weight is 345 g/mol. The first kappa shape index (κ1) is 16.7. The van der Waals surface area contributed by atoms with Gasteiger partial charge in [-0.25, -0.2) is 4.79 Å². The van der Waals surface area contributed by atoms with Crippen LogP contribution in [0.15, 0.2) is 18.2 Å². The van der Waals surface area contributed by atoms with Gasteiger partial charge < -0.3 is 14.2 Å². The molecule has 2 bridgehead atoms. The van der Waals surface area contributed by atoms with Crippen molar-refractivity contribution in [1.82, 2.24) is 4.90 Å². The first-order valence-electron chi connectivity index (χ1n) is 9.26. The van der Waals surface area contributed by atoms with Crippen LogP contribution in [0.3, 0.4) is 0 Å². The Kier molecular flexibility index (Phi) is 4.59. The third-order valence-corrected chi connectivity index (χ3v) is 6.42. The zero-order valence-corrected chi connectivity index (χ0v) is 15.1. The summed E-state index contributed by atoms with van der Waals surface area (Å²) in [6, 6.07) is 5.98. The average Bonchev–Trinajstić information content (AvgIpc) is 3.33. The molecule has 5 nitrogen and oxygen atoms in total. The monoisotopic (exact) mass is 345 g/mol. The maximum atomic E-state index is 11.2. The summed E-state index contributed by atoms with van der Waals surface area (Å²) in [4.78, 5) is 13.8. The minimum atomic E-state index is -0.399. The van der Waals surface area contributed by atoms with Crippen molar-refractivity contribution in [2.45, 2.75) is 25.8 Å². The van der Waals surface area contributed by atoms with Gasteiger partial charge in [0, 0.05) is 19.6 Å². The van der Waals surface area contributed by atoms with Crippen molar-refractivity contribution in [2.24, 2.45) is 23.7 Å². The molecule has 2 aliphatic carbocycles. The molecule has 5 heteroatoms. The fraction of sp³-hybridized carbons (Fsp3) is 0.650. The van der Waals surface area contributed by atoms with Crippen LogP contribution in [-0.2, 0) is 16.1 Å².